The summed E-state index contributed by atoms with van der Waals surface area (Å²) in [4.78, 5) is 4.15. The molecule has 0 aliphatic rings. The van der Waals surface area contributed by atoms with Crippen molar-refractivity contribution in [2.75, 3.05) is 5.32 Å². The van der Waals surface area contributed by atoms with Crippen molar-refractivity contribution < 1.29 is 0 Å². The van der Waals surface area contributed by atoms with Crippen molar-refractivity contribution >= 4 is 5.95 Å². The van der Waals surface area contributed by atoms with Crippen LogP contribution in [0, 0.1) is 0 Å². The van der Waals surface area contributed by atoms with Crippen LogP contribution in [0.25, 0.3) is 16.8 Å². The molecule has 0 unspecified atom stereocenters. The molecule has 6 nitrogen and oxygen atoms in total. The predicted molar refractivity (Wildman–Crippen MR) is 96.2 cm³/mol. The van der Waals surface area contributed by atoms with E-state index in [1.54, 1.807) is 10.9 Å². The second kappa shape index (κ2) is 6.92. The monoisotopic (exact) mass is 328 g/mol. The molecule has 0 radical (unpaired) electrons. The third-order valence-electron chi connectivity index (χ3n) is 3.87. The molecule has 4 aromatic rings. The van der Waals surface area contributed by atoms with E-state index in [4.69, 9.17) is 0 Å². The molecule has 6 heteroatoms. The van der Waals surface area contributed by atoms with Crippen molar-refractivity contribution in [2.24, 2.45) is 0 Å². The van der Waals surface area contributed by atoms with E-state index in [-0.39, 0.29) is 0 Å². The lowest BCUT2D eigenvalue weighted by atomic mass is 10.1. The normalized spacial score (nSPS) is 10.6. The van der Waals surface area contributed by atoms with Gasteiger partial charge in [-0.25, -0.2) is 0 Å². The van der Waals surface area contributed by atoms with Gasteiger partial charge in [0.05, 0.1) is 5.69 Å². The first kappa shape index (κ1) is 15.0. The smallest absolute Gasteiger partial charge is 0.248 e. The van der Waals surface area contributed by atoms with Gasteiger partial charge in [-0.1, -0.05) is 53.6 Å². The molecule has 25 heavy (non-hydrogen) atoms. The number of hydrogen-bond acceptors (Lipinski definition) is 5. The van der Waals surface area contributed by atoms with Gasteiger partial charge in [-0.15, -0.1) is 0 Å². The third-order valence-corrected chi connectivity index (χ3v) is 3.87. The Morgan fingerprint density at radius 1 is 0.840 bits per heavy atom. The standard InChI is InChI=1S/C19H16N6/c1-2-6-18(7-3-1)25-19(22-23-24-25)21-13-15-8-10-16(11-9-15)17-5-4-12-20-14-17/h1-12,14H,13H2,(H,21,22,24). The maximum Gasteiger partial charge on any atom is 0.248 e. The zero-order chi connectivity index (χ0) is 16.9. The van der Waals surface area contributed by atoms with Gasteiger partial charge in [-0.3, -0.25) is 4.98 Å². The van der Waals surface area contributed by atoms with Crippen molar-refractivity contribution in [1.29, 1.82) is 0 Å². The van der Waals surface area contributed by atoms with Gasteiger partial charge >= 0.3 is 0 Å². The highest BCUT2D eigenvalue weighted by Crippen LogP contribution is 2.19. The Bertz CT molecular complexity index is 933. The van der Waals surface area contributed by atoms with Crippen LogP contribution in [0.1, 0.15) is 5.56 Å². The number of pyridine rings is 1. The van der Waals surface area contributed by atoms with E-state index < -0.39 is 0 Å². The van der Waals surface area contributed by atoms with E-state index in [0.29, 0.717) is 12.5 Å². The van der Waals surface area contributed by atoms with Crippen LogP contribution >= 0.6 is 0 Å². The lowest BCUT2D eigenvalue weighted by molar-refractivity contribution is 0.789. The average molecular weight is 328 g/mol. The zero-order valence-electron chi connectivity index (χ0n) is 13.4. The second-order valence-electron chi connectivity index (χ2n) is 5.54. The first-order valence-electron chi connectivity index (χ1n) is 7.97. The third kappa shape index (κ3) is 3.37. The van der Waals surface area contributed by atoms with Gasteiger partial charge in [-0.05, 0) is 45.3 Å². The molecule has 0 spiro atoms. The quantitative estimate of drug-likeness (QED) is 0.608. The molecule has 0 atom stereocenters. The van der Waals surface area contributed by atoms with Gasteiger partial charge in [0.25, 0.3) is 0 Å². The molecule has 0 aliphatic carbocycles. The fraction of sp³-hybridized carbons (Fsp3) is 0.0526. The topological polar surface area (TPSA) is 68.5 Å². The summed E-state index contributed by atoms with van der Waals surface area (Å²) in [5.41, 5.74) is 4.32. The maximum absolute atomic E-state index is 4.15. The van der Waals surface area contributed by atoms with Crippen molar-refractivity contribution in [1.82, 2.24) is 25.2 Å². The van der Waals surface area contributed by atoms with E-state index >= 15 is 0 Å². The molecule has 2 aromatic heterocycles. The number of nitrogens with one attached hydrogen (secondary N) is 1. The number of para-hydroxylation sites is 1. The van der Waals surface area contributed by atoms with Crippen molar-refractivity contribution in [3.05, 3.63) is 84.7 Å². The van der Waals surface area contributed by atoms with Gasteiger partial charge in [-0.2, -0.15) is 4.68 Å². The summed E-state index contributed by atoms with van der Waals surface area (Å²) in [5.74, 6) is 0.613. The minimum Gasteiger partial charge on any atom is -0.349 e. The number of nitrogens with zero attached hydrogens (tertiary/aromatic N) is 5. The summed E-state index contributed by atoms with van der Waals surface area (Å²) in [5, 5.41) is 15.1. The van der Waals surface area contributed by atoms with E-state index in [0.717, 1.165) is 22.4 Å². The predicted octanol–water partition coefficient (Wildman–Crippen LogP) is 3.34. The van der Waals surface area contributed by atoms with Crippen molar-refractivity contribution in [3.8, 4) is 16.8 Å². The van der Waals surface area contributed by atoms with E-state index in [1.807, 2.05) is 48.7 Å². The Kier molecular flexibility index (Phi) is 4.16. The van der Waals surface area contributed by atoms with Crippen LogP contribution in [0.2, 0.25) is 0 Å². The van der Waals surface area contributed by atoms with Crippen LogP contribution in [0.5, 0.6) is 0 Å². The molecule has 0 amide bonds. The summed E-state index contributed by atoms with van der Waals surface area (Å²) in [6.45, 7) is 0.639. The molecule has 0 saturated carbocycles. The van der Waals surface area contributed by atoms with Crippen LogP contribution in [-0.4, -0.2) is 25.2 Å². The Labute approximate surface area is 145 Å². The Morgan fingerprint density at radius 2 is 1.68 bits per heavy atom. The first-order valence-corrected chi connectivity index (χ1v) is 7.97. The van der Waals surface area contributed by atoms with Crippen LogP contribution in [-0.2, 0) is 6.54 Å². The number of benzene rings is 2. The number of hydrogen-bond donors (Lipinski definition) is 1. The van der Waals surface area contributed by atoms with Crippen LogP contribution < -0.4 is 5.32 Å². The number of anilines is 1. The minimum absolute atomic E-state index is 0.613. The fourth-order valence-corrected chi connectivity index (χ4v) is 2.57. The molecule has 0 fully saturated rings. The molecule has 0 bridgehead atoms. The zero-order valence-corrected chi connectivity index (χ0v) is 13.4. The van der Waals surface area contributed by atoms with E-state index in [2.05, 4.69) is 50.1 Å². The molecule has 4 rings (SSSR count). The van der Waals surface area contributed by atoms with Crippen molar-refractivity contribution in [3.63, 3.8) is 0 Å². The summed E-state index contributed by atoms with van der Waals surface area (Å²) < 4.78 is 1.68. The van der Waals surface area contributed by atoms with Crippen molar-refractivity contribution in [2.45, 2.75) is 6.54 Å². The average Bonchev–Trinajstić information content (AvgIpc) is 3.17. The molecule has 2 heterocycles. The van der Waals surface area contributed by atoms with Crippen LogP contribution in [0.3, 0.4) is 0 Å². The first-order chi connectivity index (χ1) is 12.4. The van der Waals surface area contributed by atoms with Gasteiger partial charge in [0, 0.05) is 18.9 Å². The van der Waals surface area contributed by atoms with Gasteiger partial charge < -0.3 is 5.32 Å². The van der Waals surface area contributed by atoms with Gasteiger partial charge in [0.2, 0.25) is 5.95 Å². The maximum atomic E-state index is 4.15. The Morgan fingerprint density at radius 3 is 2.44 bits per heavy atom. The SMILES string of the molecule is c1ccc(-n2nnnc2NCc2ccc(-c3cccnc3)cc2)cc1. The summed E-state index contributed by atoms with van der Waals surface area (Å²) in [7, 11) is 0. The lowest BCUT2D eigenvalue weighted by Gasteiger charge is -2.08. The molecular weight excluding hydrogens is 312 g/mol. The highest BCUT2D eigenvalue weighted by Gasteiger charge is 2.07. The molecule has 0 saturated heterocycles. The highest BCUT2D eigenvalue weighted by atomic mass is 15.6. The van der Waals surface area contributed by atoms with Gasteiger partial charge in [0.1, 0.15) is 0 Å². The molecule has 0 aliphatic heterocycles. The highest BCUT2D eigenvalue weighted by molar-refractivity contribution is 5.62. The number of rotatable bonds is 5. The number of aromatic nitrogens is 5. The largest absolute Gasteiger partial charge is 0.349 e. The second-order valence-corrected chi connectivity index (χ2v) is 5.54. The van der Waals surface area contributed by atoms with Crippen LogP contribution in [0.4, 0.5) is 5.95 Å². The van der Waals surface area contributed by atoms with Crippen LogP contribution in [0.15, 0.2) is 79.1 Å². The minimum atomic E-state index is 0.613. The molecular formula is C19H16N6. The molecule has 2 aromatic carbocycles. The fourth-order valence-electron chi connectivity index (χ4n) is 2.57. The lowest BCUT2D eigenvalue weighted by Crippen LogP contribution is -2.07. The summed E-state index contributed by atoms with van der Waals surface area (Å²) in [6.07, 6.45) is 3.64. The Hall–Kier alpha value is -3.54. The van der Waals surface area contributed by atoms with E-state index in [1.165, 1.54) is 0 Å². The number of tetrazole rings is 1. The summed E-state index contributed by atoms with van der Waals surface area (Å²) >= 11 is 0. The summed E-state index contributed by atoms with van der Waals surface area (Å²) in [6, 6.07) is 22.2. The van der Waals surface area contributed by atoms with Gasteiger partial charge in [0.15, 0.2) is 0 Å². The molecule has 1 N–H and O–H groups in total. The Balaban J connectivity index is 1.47. The van der Waals surface area contributed by atoms with E-state index in [9.17, 15) is 0 Å². The molecule has 122 valence electrons.